The molecule has 0 spiro atoms. The van der Waals surface area contributed by atoms with Gasteiger partial charge in [0.05, 0.1) is 13.1 Å². The van der Waals surface area contributed by atoms with E-state index in [0.717, 1.165) is 5.92 Å². The zero-order valence-corrected chi connectivity index (χ0v) is 22.8. The summed E-state index contributed by atoms with van der Waals surface area (Å²) in [5.74, 6) is 0.198. The monoisotopic (exact) mass is 509 g/mol. The predicted molar refractivity (Wildman–Crippen MR) is 128 cm³/mol. The molecule has 0 aromatic carbocycles. The normalized spacial score (nSPS) is 11.4. The summed E-state index contributed by atoms with van der Waals surface area (Å²) in [5.41, 5.74) is 5.50. The Hall–Kier alpha value is -0.702. The van der Waals surface area contributed by atoms with Crippen LogP contribution in [0, 0.1) is 5.92 Å². The van der Waals surface area contributed by atoms with E-state index < -0.39 is 5.91 Å². The van der Waals surface area contributed by atoms with E-state index in [1.54, 1.807) is 29.9 Å². The summed E-state index contributed by atoms with van der Waals surface area (Å²) in [6, 6.07) is 0. The molecule has 6 heteroatoms. The first-order valence-corrected chi connectivity index (χ1v) is 13.3. The molecule has 0 aromatic heterocycles. The molecule has 0 heterocycles. The number of nitrogens with one attached hydrogen (secondary N) is 2. The first-order chi connectivity index (χ1) is 13.3. The summed E-state index contributed by atoms with van der Waals surface area (Å²) < 4.78 is 0. The fourth-order valence-electron chi connectivity index (χ4n) is 1.79. The third-order valence-corrected chi connectivity index (χ3v) is 2.90. The Balaban J connectivity index is -0.0000000932. The van der Waals surface area contributed by atoms with Crippen LogP contribution in [-0.4, -0.2) is 47.9 Å². The number of carbonyl (C=O) groups is 2. The molecular formula is C22H50N3O2Sb. The zero-order valence-electron chi connectivity index (χ0n) is 20.3. The van der Waals surface area contributed by atoms with E-state index in [1.807, 2.05) is 27.7 Å². The molecule has 0 unspecified atom stereocenters. The Kier molecular flexibility index (Phi) is 50.3. The standard InChI is InChI=1S/C7H13N3O2.C7H14.C3H8.2C2H6.CH3.Sb/c1-5(2)9-4-7(12)10-3-6(8)11;1-7-5-3-2-4-6-7;1-3-2;2*1-2;;/h9H,1,3-4H2,2H3,(H2,8,11)(H,10,12);7H,2-6H2,1H3;3H2,1-2H3;2*1-2H3;1H3;. The van der Waals surface area contributed by atoms with Crippen LogP contribution in [0.15, 0.2) is 12.3 Å². The SMILES string of the molecule is C=C(C)NCC(=O)NCC(N)=O.CC.CC.CC1CCCCC1.CCC.[CH3][Sb]. The molecular weight excluding hydrogens is 460 g/mol. The summed E-state index contributed by atoms with van der Waals surface area (Å²) in [7, 11) is 0. The van der Waals surface area contributed by atoms with E-state index in [4.69, 9.17) is 5.73 Å². The topological polar surface area (TPSA) is 84.2 Å². The van der Waals surface area contributed by atoms with E-state index >= 15 is 0 Å². The van der Waals surface area contributed by atoms with Crippen molar-refractivity contribution in [1.82, 2.24) is 10.6 Å². The van der Waals surface area contributed by atoms with Crippen molar-refractivity contribution in [3.05, 3.63) is 12.3 Å². The Morgan fingerprint density at radius 1 is 0.964 bits per heavy atom. The van der Waals surface area contributed by atoms with Gasteiger partial charge in [0.25, 0.3) is 0 Å². The van der Waals surface area contributed by atoms with Crippen molar-refractivity contribution in [2.45, 2.75) is 98.8 Å². The molecule has 0 aliphatic heterocycles. The van der Waals surface area contributed by atoms with Crippen molar-refractivity contribution in [1.29, 1.82) is 0 Å². The number of primary amides is 1. The van der Waals surface area contributed by atoms with Crippen molar-refractivity contribution in [3.63, 3.8) is 0 Å². The molecule has 1 aliphatic rings. The molecule has 1 aliphatic carbocycles. The van der Waals surface area contributed by atoms with Crippen molar-refractivity contribution in [2.24, 2.45) is 11.7 Å². The molecule has 2 amide bonds. The van der Waals surface area contributed by atoms with Gasteiger partial charge in [0.1, 0.15) is 0 Å². The Labute approximate surface area is 190 Å². The number of rotatable bonds is 5. The minimum absolute atomic E-state index is 0.114. The van der Waals surface area contributed by atoms with Gasteiger partial charge in [-0.05, 0) is 12.8 Å². The third kappa shape index (κ3) is 49.9. The summed E-state index contributed by atoms with van der Waals surface area (Å²) >= 11 is 1.75. The van der Waals surface area contributed by atoms with Crippen LogP contribution >= 0.6 is 0 Å². The van der Waals surface area contributed by atoms with Crippen LogP contribution in [0.4, 0.5) is 0 Å². The zero-order chi connectivity index (χ0) is 23.4. The van der Waals surface area contributed by atoms with Crippen LogP contribution in [-0.2, 0) is 9.59 Å². The Bertz CT molecular complexity index is 299. The number of allylic oxidation sites excluding steroid dienone is 1. The second kappa shape index (κ2) is 37.1. The summed E-state index contributed by atoms with van der Waals surface area (Å²) in [6.07, 6.45) is 8.69. The molecule has 0 atom stereocenters. The van der Waals surface area contributed by atoms with Crippen molar-refractivity contribution in [2.75, 3.05) is 13.1 Å². The van der Waals surface area contributed by atoms with Gasteiger partial charge >= 0.3 is 27.9 Å². The summed E-state index contributed by atoms with van der Waals surface area (Å²) in [6.45, 7) is 19.9. The molecule has 0 aromatic rings. The minimum atomic E-state index is -0.557. The van der Waals surface area contributed by atoms with Crippen LogP contribution in [0.5, 0.6) is 0 Å². The van der Waals surface area contributed by atoms with Gasteiger partial charge in [0, 0.05) is 5.70 Å². The molecule has 2 radical (unpaired) electrons. The second-order valence-corrected chi connectivity index (χ2v) is 5.83. The van der Waals surface area contributed by atoms with E-state index in [9.17, 15) is 9.59 Å². The summed E-state index contributed by atoms with van der Waals surface area (Å²) in [5, 5.41) is 5.03. The second-order valence-electron chi connectivity index (χ2n) is 5.83. The third-order valence-electron chi connectivity index (χ3n) is 2.90. The number of amides is 2. The molecule has 1 rings (SSSR count). The first kappa shape index (κ1) is 38.0. The molecule has 0 saturated heterocycles. The van der Waals surface area contributed by atoms with Gasteiger partial charge in [-0.2, -0.15) is 0 Å². The van der Waals surface area contributed by atoms with Crippen LogP contribution in [0.3, 0.4) is 0 Å². The van der Waals surface area contributed by atoms with Crippen LogP contribution in [0.1, 0.15) is 93.9 Å². The fourth-order valence-corrected chi connectivity index (χ4v) is 1.79. The van der Waals surface area contributed by atoms with Gasteiger partial charge < -0.3 is 16.4 Å². The van der Waals surface area contributed by atoms with E-state index in [1.165, 1.54) is 38.5 Å². The molecule has 28 heavy (non-hydrogen) atoms. The van der Waals surface area contributed by atoms with Gasteiger partial charge in [-0.1, -0.05) is 93.6 Å². The van der Waals surface area contributed by atoms with Gasteiger partial charge in [-0.15, -0.1) is 0 Å². The Morgan fingerprint density at radius 3 is 1.61 bits per heavy atom. The van der Waals surface area contributed by atoms with Gasteiger partial charge in [0.2, 0.25) is 11.8 Å². The molecule has 1 fully saturated rings. The average Bonchev–Trinajstić information content (AvgIpc) is 2.71. The maximum atomic E-state index is 10.8. The van der Waals surface area contributed by atoms with Crippen molar-refractivity contribution >= 4 is 34.8 Å². The van der Waals surface area contributed by atoms with Crippen molar-refractivity contribution in [3.8, 4) is 0 Å². The fraction of sp³-hybridized carbons (Fsp3) is 0.818. The number of carbonyl (C=O) groups excluding carboxylic acids is 2. The molecule has 4 N–H and O–H groups in total. The molecule has 1 saturated carbocycles. The number of hydrogen-bond donors (Lipinski definition) is 3. The van der Waals surface area contributed by atoms with Crippen molar-refractivity contribution < 1.29 is 9.59 Å². The quantitative estimate of drug-likeness (QED) is 0.457. The summed E-state index contributed by atoms with van der Waals surface area (Å²) in [4.78, 5) is 23.1. The molecule has 5 nitrogen and oxygen atoms in total. The maximum absolute atomic E-state index is 10.8. The first-order valence-electron chi connectivity index (χ1n) is 10.7. The van der Waals surface area contributed by atoms with E-state index in [0.29, 0.717) is 5.70 Å². The van der Waals surface area contributed by atoms with Gasteiger partial charge in [-0.3, -0.25) is 9.59 Å². The Morgan fingerprint density at radius 2 is 1.36 bits per heavy atom. The van der Waals surface area contributed by atoms with Crippen LogP contribution in [0.25, 0.3) is 0 Å². The molecule has 0 bridgehead atoms. The molecule has 170 valence electrons. The van der Waals surface area contributed by atoms with Crippen LogP contribution in [0.2, 0.25) is 4.87 Å². The van der Waals surface area contributed by atoms with Crippen LogP contribution < -0.4 is 16.4 Å². The van der Waals surface area contributed by atoms with Gasteiger partial charge in [0.15, 0.2) is 0 Å². The average molecular weight is 510 g/mol. The number of hydrogen-bond acceptors (Lipinski definition) is 3. The van der Waals surface area contributed by atoms with E-state index in [-0.39, 0.29) is 19.0 Å². The van der Waals surface area contributed by atoms with E-state index in [2.05, 4.69) is 42.9 Å². The predicted octanol–water partition coefficient (Wildman–Crippen LogP) is 4.97. The number of nitrogens with two attached hydrogens (primary N) is 1. The van der Waals surface area contributed by atoms with Gasteiger partial charge in [-0.25, -0.2) is 0 Å².